The maximum atomic E-state index is 10.3. The maximum Gasteiger partial charge on any atom is 0.211 e. The molecule has 27 heavy (non-hydrogen) atoms. The van der Waals surface area contributed by atoms with Gasteiger partial charge in [-0.05, 0) is 28.7 Å². The van der Waals surface area contributed by atoms with Gasteiger partial charge in [0.25, 0.3) is 0 Å². The maximum absolute atomic E-state index is 10.3. The van der Waals surface area contributed by atoms with E-state index in [1.165, 1.54) is 11.8 Å². The van der Waals surface area contributed by atoms with Crippen LogP contribution in [0.1, 0.15) is 17.0 Å². The first-order valence-electron chi connectivity index (χ1n) is 8.53. The lowest BCUT2D eigenvalue weighted by molar-refractivity contribution is 0.475. The average Bonchev–Trinajstić information content (AvgIpc) is 3.09. The smallest absolute Gasteiger partial charge is 0.211 e. The van der Waals surface area contributed by atoms with Gasteiger partial charge in [-0.3, -0.25) is 0 Å². The van der Waals surface area contributed by atoms with E-state index >= 15 is 0 Å². The molecule has 0 aliphatic carbocycles. The molecule has 4 aromatic rings. The van der Waals surface area contributed by atoms with Crippen LogP contribution < -0.4 is 0 Å². The minimum atomic E-state index is 0.195. The summed E-state index contributed by atoms with van der Waals surface area (Å²) in [5.41, 5.74) is 1.82. The van der Waals surface area contributed by atoms with E-state index in [0.717, 1.165) is 22.2 Å². The zero-order valence-electron chi connectivity index (χ0n) is 14.8. The number of nitrogens with zero attached hydrogens (tertiary/aromatic N) is 4. The number of thioether (sulfide) groups is 1. The topological polar surface area (TPSA) is 63.3 Å². The van der Waals surface area contributed by atoms with Crippen molar-refractivity contribution in [2.75, 3.05) is 6.26 Å². The predicted molar refractivity (Wildman–Crippen MR) is 110 cm³/mol. The Balaban J connectivity index is 1.74. The lowest BCUT2D eigenvalue weighted by atomic mass is 10.0. The molecule has 6 heteroatoms. The first-order chi connectivity index (χ1) is 13.3. The van der Waals surface area contributed by atoms with Gasteiger partial charge in [-0.2, -0.15) is 9.78 Å². The van der Waals surface area contributed by atoms with E-state index in [-0.39, 0.29) is 5.75 Å². The molecule has 4 rings (SSSR count). The van der Waals surface area contributed by atoms with E-state index in [9.17, 15) is 5.11 Å². The molecular weight excluding hydrogens is 356 g/mol. The number of phenolic OH excluding ortho intramolecular Hbond substituents is 1. The van der Waals surface area contributed by atoms with Crippen molar-refractivity contribution in [3.05, 3.63) is 83.7 Å². The van der Waals surface area contributed by atoms with Crippen LogP contribution in [0.25, 0.3) is 10.8 Å². The van der Waals surface area contributed by atoms with Crippen LogP contribution in [0, 0.1) is 0 Å². The molecule has 3 aromatic carbocycles. The zero-order valence-corrected chi connectivity index (χ0v) is 15.6. The van der Waals surface area contributed by atoms with Crippen LogP contribution in [0.4, 0.5) is 0 Å². The molecule has 134 valence electrons. The van der Waals surface area contributed by atoms with Gasteiger partial charge in [0.2, 0.25) is 5.16 Å². The van der Waals surface area contributed by atoms with E-state index in [0.29, 0.717) is 17.1 Å². The second-order valence-electron chi connectivity index (χ2n) is 6.04. The Hall–Kier alpha value is -3.12. The highest BCUT2D eigenvalue weighted by atomic mass is 32.2. The van der Waals surface area contributed by atoms with Crippen molar-refractivity contribution in [2.45, 2.75) is 11.6 Å². The van der Waals surface area contributed by atoms with Crippen molar-refractivity contribution in [1.29, 1.82) is 0 Å². The number of hydrogen-bond acceptors (Lipinski definition) is 5. The monoisotopic (exact) mass is 374 g/mol. The number of aromatic hydroxyl groups is 1. The van der Waals surface area contributed by atoms with Crippen LogP contribution in [0.3, 0.4) is 0 Å². The summed E-state index contributed by atoms with van der Waals surface area (Å²) >= 11 is 1.48. The third-order valence-corrected chi connectivity index (χ3v) is 4.93. The minimum absolute atomic E-state index is 0.195. The number of rotatable bonds is 5. The van der Waals surface area contributed by atoms with Crippen LogP contribution in [0.5, 0.6) is 5.75 Å². The Morgan fingerprint density at radius 2 is 1.78 bits per heavy atom. The van der Waals surface area contributed by atoms with Gasteiger partial charge in [0.15, 0.2) is 5.82 Å². The summed E-state index contributed by atoms with van der Waals surface area (Å²) in [6.45, 7) is 0. The fraction of sp³-hybridized carbons (Fsp3) is 0.0952. The van der Waals surface area contributed by atoms with Crippen molar-refractivity contribution in [1.82, 2.24) is 14.9 Å². The second kappa shape index (κ2) is 7.63. The molecule has 0 saturated heterocycles. The van der Waals surface area contributed by atoms with Gasteiger partial charge >= 0.3 is 0 Å². The van der Waals surface area contributed by atoms with Gasteiger partial charge in [-0.25, -0.2) is 0 Å². The number of fused-ring (bicyclic) bond motifs is 1. The van der Waals surface area contributed by atoms with Crippen molar-refractivity contribution >= 4 is 28.7 Å². The molecule has 0 aliphatic rings. The fourth-order valence-corrected chi connectivity index (χ4v) is 3.41. The molecule has 1 heterocycles. The summed E-state index contributed by atoms with van der Waals surface area (Å²) in [6.07, 6.45) is 4.25. The quantitative estimate of drug-likeness (QED) is 0.417. The average molecular weight is 374 g/mol. The summed E-state index contributed by atoms with van der Waals surface area (Å²) in [5.74, 6) is 0.947. The van der Waals surface area contributed by atoms with E-state index in [2.05, 4.69) is 27.4 Å². The molecule has 0 bridgehead atoms. The van der Waals surface area contributed by atoms with E-state index in [1.54, 1.807) is 17.0 Å². The molecule has 5 nitrogen and oxygen atoms in total. The Morgan fingerprint density at radius 1 is 1.00 bits per heavy atom. The molecular formula is C21H18N4OS. The standard InChI is InChI=1S/C21H18N4OS/c1-27-21-24-23-20(13-15-7-3-2-4-8-15)25(21)22-14-18-17-10-6-5-9-16(17)11-12-19(18)26/h2-12,14,26H,13H2,1H3/b22-14-. The first-order valence-corrected chi connectivity index (χ1v) is 9.76. The lowest BCUT2D eigenvalue weighted by Crippen LogP contribution is -2.01. The van der Waals surface area contributed by atoms with Gasteiger partial charge in [0, 0.05) is 12.0 Å². The molecule has 0 unspecified atom stereocenters. The Morgan fingerprint density at radius 3 is 2.59 bits per heavy atom. The van der Waals surface area contributed by atoms with E-state index < -0.39 is 0 Å². The summed E-state index contributed by atoms with van der Waals surface area (Å²) in [7, 11) is 0. The third kappa shape index (κ3) is 3.57. The van der Waals surface area contributed by atoms with Gasteiger partial charge in [0.05, 0.1) is 6.21 Å². The number of hydrogen-bond donors (Lipinski definition) is 1. The molecule has 0 amide bonds. The third-order valence-electron chi connectivity index (χ3n) is 4.31. The van der Waals surface area contributed by atoms with Crippen molar-refractivity contribution < 1.29 is 5.11 Å². The summed E-state index contributed by atoms with van der Waals surface area (Å²) in [6, 6.07) is 21.6. The van der Waals surface area contributed by atoms with Crippen molar-refractivity contribution in [3.8, 4) is 5.75 Å². The fourth-order valence-electron chi connectivity index (χ4n) is 2.96. The van der Waals surface area contributed by atoms with Crippen molar-refractivity contribution in [3.63, 3.8) is 0 Å². The Kier molecular flexibility index (Phi) is 4.89. The van der Waals surface area contributed by atoms with Crippen LogP contribution in [-0.4, -0.2) is 32.5 Å². The van der Waals surface area contributed by atoms with Gasteiger partial charge < -0.3 is 5.11 Å². The second-order valence-corrected chi connectivity index (χ2v) is 6.81. The van der Waals surface area contributed by atoms with Crippen molar-refractivity contribution in [2.24, 2.45) is 5.10 Å². The largest absolute Gasteiger partial charge is 0.507 e. The Bertz CT molecular complexity index is 1110. The first kappa shape index (κ1) is 17.3. The minimum Gasteiger partial charge on any atom is -0.507 e. The predicted octanol–water partition coefficient (Wildman–Crippen LogP) is 4.33. The van der Waals surface area contributed by atoms with E-state index in [1.807, 2.05) is 54.8 Å². The molecule has 0 fully saturated rings. The molecule has 0 aliphatic heterocycles. The van der Waals surface area contributed by atoms with Crippen LogP contribution in [0.15, 0.2) is 77.0 Å². The number of phenols is 1. The van der Waals surface area contributed by atoms with Crippen LogP contribution >= 0.6 is 11.8 Å². The van der Waals surface area contributed by atoms with Crippen LogP contribution in [0.2, 0.25) is 0 Å². The molecule has 0 spiro atoms. The summed E-state index contributed by atoms with van der Waals surface area (Å²) in [4.78, 5) is 0. The molecule has 0 radical (unpaired) electrons. The normalized spacial score (nSPS) is 11.4. The van der Waals surface area contributed by atoms with Gasteiger partial charge in [0.1, 0.15) is 5.75 Å². The van der Waals surface area contributed by atoms with Gasteiger partial charge in [-0.1, -0.05) is 72.4 Å². The highest BCUT2D eigenvalue weighted by molar-refractivity contribution is 7.98. The number of benzene rings is 3. The van der Waals surface area contributed by atoms with E-state index in [4.69, 9.17) is 0 Å². The summed E-state index contributed by atoms with van der Waals surface area (Å²) in [5, 5.41) is 26.2. The molecule has 0 saturated carbocycles. The summed E-state index contributed by atoms with van der Waals surface area (Å²) < 4.78 is 1.74. The SMILES string of the molecule is CSc1nnc(Cc2ccccc2)n1/N=C\c1c(O)ccc2ccccc12. The van der Waals surface area contributed by atoms with Gasteiger partial charge in [-0.15, -0.1) is 10.2 Å². The zero-order chi connectivity index (χ0) is 18.6. The highest BCUT2D eigenvalue weighted by Crippen LogP contribution is 2.26. The highest BCUT2D eigenvalue weighted by Gasteiger charge is 2.12. The van der Waals surface area contributed by atoms with Crippen LogP contribution in [-0.2, 0) is 6.42 Å². The number of aromatic nitrogens is 3. The molecule has 0 atom stereocenters. The molecule has 1 N–H and O–H groups in total. The molecule has 1 aromatic heterocycles. The Labute approximate surface area is 161 Å². The lowest BCUT2D eigenvalue weighted by Gasteiger charge is -2.06.